The van der Waals surface area contributed by atoms with Crippen LogP contribution >= 0.6 is 11.8 Å². The Morgan fingerprint density at radius 3 is 2.86 bits per heavy atom. The van der Waals surface area contributed by atoms with E-state index in [9.17, 15) is 4.79 Å². The van der Waals surface area contributed by atoms with Gasteiger partial charge in [0.15, 0.2) is 16.6 Å². The summed E-state index contributed by atoms with van der Waals surface area (Å²) >= 11 is 1.43. The Balaban J connectivity index is 2.41. The Hall–Kier alpha value is -2.41. The van der Waals surface area contributed by atoms with Crippen LogP contribution in [0.25, 0.3) is 16.9 Å². The standard InChI is InChI=1S/C15H15N5OS/c1-4-8-19-14(21)11-9-16-15(22-3)18-13(11)20(19)12-7-5-6-10(2)17-12/h4-7,9H,1,8H2,2-3H3. The highest BCUT2D eigenvalue weighted by atomic mass is 32.2. The Kier molecular flexibility index (Phi) is 3.81. The quantitative estimate of drug-likeness (QED) is 0.420. The van der Waals surface area contributed by atoms with Gasteiger partial charge in [-0.15, -0.1) is 6.58 Å². The van der Waals surface area contributed by atoms with E-state index in [2.05, 4.69) is 21.5 Å². The third-order valence-corrected chi connectivity index (χ3v) is 3.79. The van der Waals surface area contributed by atoms with Gasteiger partial charge in [0.05, 0.1) is 6.54 Å². The third kappa shape index (κ3) is 2.33. The van der Waals surface area contributed by atoms with Crippen molar-refractivity contribution in [3.05, 3.63) is 53.1 Å². The second-order valence-corrected chi connectivity index (χ2v) is 5.49. The van der Waals surface area contributed by atoms with Crippen LogP contribution in [0.4, 0.5) is 0 Å². The number of allylic oxidation sites excluding steroid dienone is 1. The molecule has 7 heteroatoms. The molecule has 0 N–H and O–H groups in total. The van der Waals surface area contributed by atoms with Gasteiger partial charge in [-0.2, -0.15) is 0 Å². The third-order valence-electron chi connectivity index (χ3n) is 3.23. The van der Waals surface area contributed by atoms with Gasteiger partial charge in [-0.1, -0.05) is 23.9 Å². The Bertz CT molecular complexity index is 912. The van der Waals surface area contributed by atoms with Crippen LogP contribution in [0.5, 0.6) is 0 Å². The van der Waals surface area contributed by atoms with Crippen molar-refractivity contribution in [1.29, 1.82) is 0 Å². The van der Waals surface area contributed by atoms with Crippen molar-refractivity contribution in [3.63, 3.8) is 0 Å². The van der Waals surface area contributed by atoms with Crippen molar-refractivity contribution in [3.8, 4) is 5.82 Å². The maximum absolute atomic E-state index is 12.6. The van der Waals surface area contributed by atoms with Crippen LogP contribution < -0.4 is 5.56 Å². The average Bonchev–Trinajstić information content (AvgIpc) is 2.80. The lowest BCUT2D eigenvalue weighted by molar-refractivity contribution is 0.595. The fourth-order valence-electron chi connectivity index (χ4n) is 2.28. The van der Waals surface area contributed by atoms with Crippen LogP contribution in [0.3, 0.4) is 0 Å². The first-order valence-corrected chi connectivity index (χ1v) is 7.95. The van der Waals surface area contributed by atoms with Crippen LogP contribution in [0.15, 0.2) is 47.0 Å². The monoisotopic (exact) mass is 313 g/mol. The molecule has 3 aromatic heterocycles. The second-order valence-electron chi connectivity index (χ2n) is 4.72. The summed E-state index contributed by atoms with van der Waals surface area (Å²) in [7, 11) is 0. The summed E-state index contributed by atoms with van der Waals surface area (Å²) in [6.07, 6.45) is 5.15. The molecule has 0 saturated carbocycles. The number of thioether (sulfide) groups is 1. The molecule has 0 aromatic carbocycles. The topological polar surface area (TPSA) is 65.6 Å². The number of aromatic nitrogens is 5. The molecule has 22 heavy (non-hydrogen) atoms. The smallest absolute Gasteiger partial charge is 0.267 e. The van der Waals surface area contributed by atoms with E-state index in [1.807, 2.05) is 31.4 Å². The van der Waals surface area contributed by atoms with Crippen molar-refractivity contribution >= 4 is 22.8 Å². The molecule has 6 nitrogen and oxygen atoms in total. The highest BCUT2D eigenvalue weighted by Gasteiger charge is 2.17. The minimum absolute atomic E-state index is 0.147. The molecule has 0 fully saturated rings. The molecule has 0 spiro atoms. The molecule has 3 rings (SSSR count). The Morgan fingerprint density at radius 1 is 1.36 bits per heavy atom. The van der Waals surface area contributed by atoms with Crippen LogP contribution in [0, 0.1) is 6.92 Å². The van der Waals surface area contributed by atoms with Crippen molar-refractivity contribution in [1.82, 2.24) is 24.3 Å². The molecule has 0 aliphatic heterocycles. The van der Waals surface area contributed by atoms with Gasteiger partial charge < -0.3 is 0 Å². The molecule has 3 heterocycles. The Morgan fingerprint density at radius 2 is 2.18 bits per heavy atom. The zero-order valence-corrected chi connectivity index (χ0v) is 13.2. The van der Waals surface area contributed by atoms with E-state index in [-0.39, 0.29) is 5.56 Å². The van der Waals surface area contributed by atoms with Crippen LogP contribution in [0.2, 0.25) is 0 Å². The first-order chi connectivity index (χ1) is 10.7. The minimum atomic E-state index is -0.147. The predicted molar refractivity (Wildman–Crippen MR) is 87.6 cm³/mol. The van der Waals surface area contributed by atoms with Crippen molar-refractivity contribution in [2.75, 3.05) is 6.26 Å². The van der Waals surface area contributed by atoms with Crippen molar-refractivity contribution in [2.24, 2.45) is 0 Å². The lowest BCUT2D eigenvalue weighted by Gasteiger charge is -2.10. The summed E-state index contributed by atoms with van der Waals surface area (Å²) in [4.78, 5) is 25.8. The van der Waals surface area contributed by atoms with Crippen molar-refractivity contribution in [2.45, 2.75) is 18.6 Å². The first-order valence-electron chi connectivity index (χ1n) is 6.73. The molecule has 0 radical (unpaired) electrons. The van der Waals surface area contributed by atoms with E-state index in [0.29, 0.717) is 28.6 Å². The number of rotatable bonds is 4. The Labute approximate surface area is 131 Å². The number of nitrogens with zero attached hydrogens (tertiary/aromatic N) is 5. The second kappa shape index (κ2) is 5.76. The van der Waals surface area contributed by atoms with Gasteiger partial charge in [-0.25, -0.2) is 24.3 Å². The van der Waals surface area contributed by atoms with Gasteiger partial charge in [-0.3, -0.25) is 4.79 Å². The zero-order valence-electron chi connectivity index (χ0n) is 12.4. The molecule has 0 atom stereocenters. The number of aryl methyl sites for hydroxylation is 1. The molecule has 112 valence electrons. The van der Waals surface area contributed by atoms with E-state index < -0.39 is 0 Å². The SMILES string of the molecule is C=CCn1c(=O)c2cnc(SC)nc2n1-c1cccc(C)n1. The van der Waals surface area contributed by atoms with E-state index >= 15 is 0 Å². The van der Waals surface area contributed by atoms with Gasteiger partial charge in [0.25, 0.3) is 5.56 Å². The molecule has 0 unspecified atom stereocenters. The normalized spacial score (nSPS) is 11.0. The summed E-state index contributed by atoms with van der Waals surface area (Å²) in [6.45, 7) is 6.00. The zero-order chi connectivity index (χ0) is 15.7. The molecule has 0 aliphatic rings. The lowest BCUT2D eigenvalue weighted by atomic mass is 10.4. The summed E-state index contributed by atoms with van der Waals surface area (Å²) < 4.78 is 3.30. The molecule has 0 saturated heterocycles. The maximum Gasteiger partial charge on any atom is 0.278 e. The fourth-order valence-corrected chi connectivity index (χ4v) is 2.61. The highest BCUT2D eigenvalue weighted by Crippen LogP contribution is 2.17. The minimum Gasteiger partial charge on any atom is -0.267 e. The van der Waals surface area contributed by atoms with Gasteiger partial charge in [0, 0.05) is 11.9 Å². The molecular weight excluding hydrogens is 298 g/mol. The molecular formula is C15H15N5OS. The molecule has 0 aliphatic carbocycles. The van der Waals surface area contributed by atoms with E-state index in [1.165, 1.54) is 11.8 Å². The summed E-state index contributed by atoms with van der Waals surface area (Å²) in [5.74, 6) is 0.653. The fraction of sp³-hybridized carbons (Fsp3) is 0.200. The van der Waals surface area contributed by atoms with E-state index in [4.69, 9.17) is 0 Å². The summed E-state index contributed by atoms with van der Waals surface area (Å²) in [6, 6.07) is 5.67. The highest BCUT2D eigenvalue weighted by molar-refractivity contribution is 7.98. The molecule has 0 bridgehead atoms. The molecule has 0 amide bonds. The van der Waals surface area contributed by atoms with Gasteiger partial charge in [0.2, 0.25) is 0 Å². The predicted octanol–water partition coefficient (Wildman–Crippen LogP) is 2.19. The maximum atomic E-state index is 12.6. The number of fused-ring (bicyclic) bond motifs is 1. The van der Waals surface area contributed by atoms with Crippen molar-refractivity contribution < 1.29 is 0 Å². The number of pyridine rings is 1. The van der Waals surface area contributed by atoms with Crippen LogP contribution in [-0.4, -0.2) is 30.6 Å². The largest absolute Gasteiger partial charge is 0.278 e. The number of hydrogen-bond acceptors (Lipinski definition) is 5. The lowest BCUT2D eigenvalue weighted by Crippen LogP contribution is -2.22. The van der Waals surface area contributed by atoms with E-state index in [1.54, 1.807) is 21.6 Å². The summed E-state index contributed by atoms with van der Waals surface area (Å²) in [5.41, 5.74) is 1.28. The van der Waals surface area contributed by atoms with Gasteiger partial charge >= 0.3 is 0 Å². The molecule has 3 aromatic rings. The average molecular weight is 313 g/mol. The first kappa shape index (κ1) is 14.5. The van der Waals surface area contributed by atoms with Gasteiger partial charge in [-0.05, 0) is 25.3 Å². The summed E-state index contributed by atoms with van der Waals surface area (Å²) in [5, 5.41) is 1.09. The van der Waals surface area contributed by atoms with Crippen LogP contribution in [0.1, 0.15) is 5.69 Å². The van der Waals surface area contributed by atoms with Gasteiger partial charge in [0.1, 0.15) is 5.39 Å². The van der Waals surface area contributed by atoms with E-state index in [0.717, 1.165) is 5.69 Å². The van der Waals surface area contributed by atoms with Crippen LogP contribution in [-0.2, 0) is 6.54 Å². The number of hydrogen-bond donors (Lipinski definition) is 0.